The number of nitriles is 1. The number of halogens is 1. The van der Waals surface area contributed by atoms with Gasteiger partial charge in [0.15, 0.2) is 6.23 Å². The van der Waals surface area contributed by atoms with E-state index in [2.05, 4.69) is 28.3 Å². The second kappa shape index (κ2) is 9.88. The van der Waals surface area contributed by atoms with Gasteiger partial charge in [0.25, 0.3) is 5.91 Å². The summed E-state index contributed by atoms with van der Waals surface area (Å²) in [5.41, 5.74) is 5.91. The van der Waals surface area contributed by atoms with Crippen molar-refractivity contribution in [1.29, 1.82) is 5.26 Å². The molecule has 44 heavy (non-hydrogen) atoms. The third-order valence-corrected chi connectivity index (χ3v) is 9.97. The quantitative estimate of drug-likeness (QED) is 0.256. The standard InChI is InChI=1S/C36H28ClN5O2/c1-21-12-14-23(15-13-21)31-29(20-38)41-33(36(31)22(2)39-42(35(36)43)26-8-4-3-5-9-26)28-11-7-6-10-27(28)30-32(40-44-34(30)41)24-16-18-25(37)19-17-24/h3-19,29-31,33-34H,1-2H3/t29-,30-,31-,33-,34+,36-/m1/s1. The predicted octanol–water partition coefficient (Wildman–Crippen LogP) is 6.95. The molecule has 8 rings (SSSR count). The van der Waals surface area contributed by atoms with E-state index in [4.69, 9.17) is 21.5 Å². The first-order chi connectivity index (χ1) is 21.4. The summed E-state index contributed by atoms with van der Waals surface area (Å²) in [4.78, 5) is 23.5. The van der Waals surface area contributed by atoms with Crippen LogP contribution in [-0.2, 0) is 9.63 Å². The zero-order valence-corrected chi connectivity index (χ0v) is 24.9. The molecule has 6 atom stereocenters. The van der Waals surface area contributed by atoms with E-state index in [0.29, 0.717) is 16.4 Å². The van der Waals surface area contributed by atoms with Gasteiger partial charge in [-0.25, -0.2) is 4.90 Å². The van der Waals surface area contributed by atoms with Gasteiger partial charge in [0, 0.05) is 16.5 Å². The molecule has 0 aromatic heterocycles. The SMILES string of the molecule is CC1=NN(c2ccccc2)C(=O)[C@@]12[C@H](c1ccc(C)cc1)[C@@H](C#N)N1[C@H]3ON=C(c4ccc(Cl)cc4)[C@H]3c3ccccc3[C@@H]12. The number of carbonyl (C=O) groups excluding carboxylic acids is 1. The molecule has 0 aliphatic carbocycles. The number of fused-ring (bicyclic) bond motifs is 7. The Hall–Kier alpha value is -4.77. The third-order valence-electron chi connectivity index (χ3n) is 9.72. The molecule has 8 heteroatoms. The number of hydrogen-bond donors (Lipinski definition) is 0. The molecular weight excluding hydrogens is 570 g/mol. The first-order valence-corrected chi connectivity index (χ1v) is 15.1. The molecule has 0 unspecified atom stereocenters. The van der Waals surface area contributed by atoms with Gasteiger partial charge < -0.3 is 4.84 Å². The van der Waals surface area contributed by atoms with Crippen LogP contribution in [0.2, 0.25) is 5.02 Å². The smallest absolute Gasteiger partial charge is 0.262 e. The van der Waals surface area contributed by atoms with Crippen molar-refractivity contribution in [3.8, 4) is 6.07 Å². The highest BCUT2D eigenvalue weighted by Crippen LogP contribution is 2.66. The molecule has 4 aromatic rings. The number of benzene rings is 4. The Morgan fingerprint density at radius 3 is 2.27 bits per heavy atom. The Morgan fingerprint density at radius 2 is 1.57 bits per heavy atom. The summed E-state index contributed by atoms with van der Waals surface area (Å²) < 4.78 is 0. The van der Waals surface area contributed by atoms with Crippen LogP contribution in [0, 0.1) is 23.7 Å². The van der Waals surface area contributed by atoms with Crippen LogP contribution in [0.15, 0.2) is 113 Å². The fourth-order valence-corrected chi connectivity index (χ4v) is 8.00. The fraction of sp³-hybridized carbons (Fsp3) is 0.222. The Bertz CT molecular complexity index is 1900. The minimum absolute atomic E-state index is 0.149. The van der Waals surface area contributed by atoms with Crippen molar-refractivity contribution in [2.45, 2.75) is 44.0 Å². The van der Waals surface area contributed by atoms with Crippen molar-refractivity contribution in [1.82, 2.24) is 4.90 Å². The number of rotatable bonds is 3. The molecule has 4 heterocycles. The van der Waals surface area contributed by atoms with Gasteiger partial charge in [-0.15, -0.1) is 0 Å². The van der Waals surface area contributed by atoms with Gasteiger partial charge >= 0.3 is 0 Å². The minimum Gasteiger partial charge on any atom is -0.375 e. The first kappa shape index (κ1) is 26.8. The van der Waals surface area contributed by atoms with Gasteiger partial charge in [0.05, 0.1) is 35.1 Å². The summed E-state index contributed by atoms with van der Waals surface area (Å²) in [6.07, 6.45) is -0.594. The van der Waals surface area contributed by atoms with E-state index in [-0.39, 0.29) is 11.8 Å². The fourth-order valence-electron chi connectivity index (χ4n) is 7.87. The van der Waals surface area contributed by atoms with Crippen molar-refractivity contribution in [3.63, 3.8) is 0 Å². The summed E-state index contributed by atoms with van der Waals surface area (Å²) in [7, 11) is 0. The van der Waals surface area contributed by atoms with Crippen LogP contribution in [0.3, 0.4) is 0 Å². The van der Waals surface area contributed by atoms with Crippen LogP contribution in [0.5, 0.6) is 0 Å². The number of hydrazone groups is 1. The number of carbonyl (C=O) groups is 1. The van der Waals surface area contributed by atoms with Crippen molar-refractivity contribution < 1.29 is 9.63 Å². The number of hydrogen-bond acceptors (Lipinski definition) is 6. The largest absolute Gasteiger partial charge is 0.375 e. The molecule has 4 aliphatic heterocycles. The van der Waals surface area contributed by atoms with Crippen LogP contribution >= 0.6 is 11.6 Å². The van der Waals surface area contributed by atoms with E-state index >= 15 is 4.79 Å². The lowest BCUT2D eigenvalue weighted by atomic mass is 9.63. The Kier molecular flexibility index (Phi) is 6.02. The molecule has 7 nitrogen and oxygen atoms in total. The summed E-state index contributed by atoms with van der Waals surface area (Å²) in [5, 5.41) is 22.7. The second-order valence-corrected chi connectivity index (χ2v) is 12.3. The molecule has 216 valence electrons. The maximum absolute atomic E-state index is 15.1. The molecule has 1 spiro atoms. The molecule has 1 saturated heterocycles. The number of aryl methyl sites for hydroxylation is 1. The van der Waals surface area contributed by atoms with Crippen molar-refractivity contribution in [2.24, 2.45) is 15.7 Å². The summed E-state index contributed by atoms with van der Waals surface area (Å²) >= 11 is 6.22. The van der Waals surface area contributed by atoms with Crippen LogP contribution in [0.4, 0.5) is 5.69 Å². The maximum atomic E-state index is 15.1. The van der Waals surface area contributed by atoms with E-state index < -0.39 is 29.6 Å². The first-order valence-electron chi connectivity index (χ1n) is 14.7. The molecule has 0 saturated carbocycles. The molecule has 0 bridgehead atoms. The summed E-state index contributed by atoms with van der Waals surface area (Å²) in [5.74, 6) is -0.935. The highest BCUT2D eigenvalue weighted by molar-refractivity contribution is 6.30. The van der Waals surface area contributed by atoms with Crippen LogP contribution in [0.25, 0.3) is 0 Å². The number of oxime groups is 1. The van der Waals surface area contributed by atoms with E-state index in [1.54, 1.807) is 0 Å². The monoisotopic (exact) mass is 597 g/mol. The Labute approximate surface area is 260 Å². The molecule has 4 aliphatic rings. The van der Waals surface area contributed by atoms with Gasteiger partial charge in [-0.3, -0.25) is 4.79 Å². The van der Waals surface area contributed by atoms with E-state index in [9.17, 15) is 5.26 Å². The maximum Gasteiger partial charge on any atom is 0.262 e. The predicted molar refractivity (Wildman–Crippen MR) is 169 cm³/mol. The van der Waals surface area contributed by atoms with E-state index in [1.807, 2.05) is 105 Å². The topological polar surface area (TPSA) is 81.3 Å². The van der Waals surface area contributed by atoms with Gasteiger partial charge in [-0.05, 0) is 54.8 Å². The van der Waals surface area contributed by atoms with Crippen molar-refractivity contribution in [2.75, 3.05) is 5.01 Å². The number of anilines is 1. The van der Waals surface area contributed by atoms with E-state index in [0.717, 1.165) is 33.5 Å². The third kappa shape index (κ3) is 3.56. The zero-order chi connectivity index (χ0) is 30.2. The molecule has 4 aromatic carbocycles. The van der Waals surface area contributed by atoms with Gasteiger partial charge in [-0.1, -0.05) is 101 Å². The molecule has 0 N–H and O–H groups in total. The molecule has 1 fully saturated rings. The molecule has 1 amide bonds. The van der Waals surface area contributed by atoms with Crippen LogP contribution < -0.4 is 5.01 Å². The minimum atomic E-state index is -1.17. The summed E-state index contributed by atoms with van der Waals surface area (Å²) in [6.45, 7) is 3.96. The van der Waals surface area contributed by atoms with Gasteiger partial charge in [0.2, 0.25) is 0 Å². The van der Waals surface area contributed by atoms with Gasteiger partial charge in [0.1, 0.15) is 11.5 Å². The second-order valence-electron chi connectivity index (χ2n) is 11.9. The highest BCUT2D eigenvalue weighted by Gasteiger charge is 2.73. The van der Waals surface area contributed by atoms with E-state index in [1.165, 1.54) is 5.01 Å². The van der Waals surface area contributed by atoms with Crippen LogP contribution in [-0.4, -0.2) is 34.5 Å². The molecule has 0 radical (unpaired) electrons. The lowest BCUT2D eigenvalue weighted by Crippen LogP contribution is -2.52. The van der Waals surface area contributed by atoms with Crippen molar-refractivity contribution >= 4 is 34.6 Å². The Balaban J connectivity index is 1.37. The average Bonchev–Trinajstić information content (AvgIpc) is 3.70. The lowest BCUT2D eigenvalue weighted by Gasteiger charge is -2.44. The number of nitrogens with zero attached hydrogens (tertiary/aromatic N) is 5. The van der Waals surface area contributed by atoms with Crippen LogP contribution in [0.1, 0.15) is 52.6 Å². The van der Waals surface area contributed by atoms with Crippen molar-refractivity contribution in [3.05, 3.63) is 136 Å². The zero-order valence-electron chi connectivity index (χ0n) is 24.1. The normalized spacial score (nSPS) is 28.5. The summed E-state index contributed by atoms with van der Waals surface area (Å²) in [6, 6.07) is 34.9. The number of amides is 1. The highest BCUT2D eigenvalue weighted by atomic mass is 35.5. The van der Waals surface area contributed by atoms with Gasteiger partial charge in [-0.2, -0.15) is 15.4 Å². The average molecular weight is 598 g/mol. The number of para-hydroxylation sites is 1. The molecular formula is C36H28ClN5O2. The Morgan fingerprint density at radius 1 is 0.886 bits per heavy atom. The lowest BCUT2D eigenvalue weighted by molar-refractivity contribution is -0.128.